The zero-order valence-corrected chi connectivity index (χ0v) is 15.5. The van der Waals surface area contributed by atoms with Crippen LogP contribution in [-0.2, 0) is 15.6 Å². The third-order valence-electron chi connectivity index (χ3n) is 7.28. The number of nitrogens with zero attached hydrogens (tertiary/aromatic N) is 1. The highest BCUT2D eigenvalue weighted by Gasteiger charge is 2.87. The Morgan fingerprint density at radius 1 is 1.42 bits per heavy atom. The Hall–Kier alpha value is -1.32. The van der Waals surface area contributed by atoms with Crippen molar-refractivity contribution in [1.29, 1.82) is 0 Å². The predicted molar refractivity (Wildman–Crippen MR) is 96.5 cm³/mol. The third-order valence-corrected chi connectivity index (χ3v) is 7.28. The van der Waals surface area contributed by atoms with Crippen LogP contribution in [0, 0.1) is 5.41 Å². The van der Waals surface area contributed by atoms with E-state index in [-0.39, 0.29) is 22.3 Å². The van der Waals surface area contributed by atoms with Gasteiger partial charge in [0.15, 0.2) is 0 Å². The van der Waals surface area contributed by atoms with E-state index in [2.05, 4.69) is 45.2 Å². The van der Waals surface area contributed by atoms with Crippen molar-refractivity contribution >= 4 is 0 Å². The Kier molecular flexibility index (Phi) is 3.13. The zero-order chi connectivity index (χ0) is 17.5. The quantitative estimate of drug-likeness (QED) is 0.839. The van der Waals surface area contributed by atoms with Crippen molar-refractivity contribution in [2.45, 2.75) is 57.6 Å². The van der Waals surface area contributed by atoms with Crippen molar-refractivity contribution in [2.24, 2.45) is 5.41 Å². The van der Waals surface area contributed by atoms with Crippen LogP contribution >= 0.6 is 0 Å². The summed E-state index contributed by atoms with van der Waals surface area (Å²) in [5, 5.41) is 10.4. The number of ether oxygens (including phenoxy) is 1. The van der Waals surface area contributed by atoms with Crippen molar-refractivity contribution in [3.05, 3.63) is 41.5 Å². The molecule has 3 aliphatic rings. The molecule has 1 aromatic rings. The molecule has 4 rings (SSSR count). The number of fused-ring (bicyclic) bond motifs is 2. The lowest BCUT2D eigenvalue weighted by molar-refractivity contribution is -0.277. The van der Waals surface area contributed by atoms with Crippen LogP contribution in [0.15, 0.2) is 30.4 Å². The summed E-state index contributed by atoms with van der Waals surface area (Å²) in [5.74, 6) is 0.483. The molecular formula is C21H29NO2. The van der Waals surface area contributed by atoms with Gasteiger partial charge in [0.2, 0.25) is 0 Å². The molecule has 4 atom stereocenters. The van der Waals surface area contributed by atoms with Crippen LogP contribution in [0.3, 0.4) is 0 Å². The van der Waals surface area contributed by atoms with E-state index >= 15 is 0 Å². The van der Waals surface area contributed by atoms with Crippen molar-refractivity contribution in [1.82, 2.24) is 4.90 Å². The van der Waals surface area contributed by atoms with Crippen molar-refractivity contribution in [3.8, 4) is 5.75 Å². The number of benzene rings is 1. The predicted octanol–water partition coefficient (Wildman–Crippen LogP) is 3.61. The lowest BCUT2D eigenvalue weighted by atomic mass is 9.22. The molecule has 0 radical (unpaired) electrons. The minimum Gasteiger partial charge on any atom is -0.508 e. The highest BCUT2D eigenvalue weighted by Crippen LogP contribution is 2.82. The summed E-state index contributed by atoms with van der Waals surface area (Å²) in [6.45, 7) is 17.8. The summed E-state index contributed by atoms with van der Waals surface area (Å²) in [4.78, 5) is 2.56. The zero-order valence-electron chi connectivity index (χ0n) is 15.5. The van der Waals surface area contributed by atoms with Crippen LogP contribution in [0.4, 0.5) is 0 Å². The highest BCUT2D eigenvalue weighted by atomic mass is 16.5. The molecule has 1 N–H and O–H groups in total. The molecule has 0 amide bonds. The van der Waals surface area contributed by atoms with E-state index in [1.54, 1.807) is 0 Å². The Labute approximate surface area is 145 Å². The van der Waals surface area contributed by atoms with E-state index in [1.165, 1.54) is 11.1 Å². The van der Waals surface area contributed by atoms with E-state index in [0.717, 1.165) is 18.7 Å². The lowest BCUT2D eigenvalue weighted by Gasteiger charge is -2.88. The van der Waals surface area contributed by atoms with Crippen LogP contribution in [0.5, 0.6) is 5.75 Å². The van der Waals surface area contributed by atoms with Crippen LogP contribution < -0.4 is 0 Å². The standard InChI is InChI=1S/C21H29NO2/c1-13(2)11-24-14(3)10-22-12-21-17-15(8-7-9-16(17)23)20(21,6)19(4,5)18(21)22/h7-9,14,18,23H,1,10-12H2,2-6H3. The van der Waals surface area contributed by atoms with Crippen LogP contribution in [0.25, 0.3) is 0 Å². The smallest absolute Gasteiger partial charge is 0.119 e. The lowest BCUT2D eigenvalue weighted by Crippen LogP contribution is -2.95. The van der Waals surface area contributed by atoms with Gasteiger partial charge in [-0.2, -0.15) is 0 Å². The summed E-state index contributed by atoms with van der Waals surface area (Å²) < 4.78 is 5.89. The summed E-state index contributed by atoms with van der Waals surface area (Å²) in [6.07, 6.45) is 0.200. The van der Waals surface area contributed by atoms with Gasteiger partial charge in [-0.15, -0.1) is 0 Å². The fraction of sp³-hybridized carbons (Fsp3) is 0.619. The van der Waals surface area contributed by atoms with Gasteiger partial charge >= 0.3 is 0 Å². The molecule has 1 saturated carbocycles. The molecule has 1 saturated heterocycles. The van der Waals surface area contributed by atoms with Gasteiger partial charge in [0, 0.05) is 35.5 Å². The number of phenolic OH excluding ortho intramolecular Hbond substituents is 1. The van der Waals surface area contributed by atoms with Gasteiger partial charge < -0.3 is 9.84 Å². The maximum Gasteiger partial charge on any atom is 0.119 e. The second-order valence-electron chi connectivity index (χ2n) is 8.93. The summed E-state index contributed by atoms with van der Waals surface area (Å²) in [7, 11) is 0. The Bertz CT molecular complexity index is 725. The minimum absolute atomic E-state index is 0.144. The van der Waals surface area contributed by atoms with E-state index in [4.69, 9.17) is 4.74 Å². The molecule has 2 aliphatic carbocycles. The van der Waals surface area contributed by atoms with Gasteiger partial charge in [-0.3, -0.25) is 4.90 Å². The van der Waals surface area contributed by atoms with Gasteiger partial charge in [-0.1, -0.05) is 45.1 Å². The summed E-state index contributed by atoms with van der Waals surface area (Å²) in [6, 6.07) is 6.53. The normalized spacial score (nSPS) is 36.3. The monoisotopic (exact) mass is 327 g/mol. The molecule has 1 spiro atoms. The van der Waals surface area contributed by atoms with Gasteiger partial charge in [0.25, 0.3) is 0 Å². The van der Waals surface area contributed by atoms with Gasteiger partial charge in [-0.05, 0) is 30.9 Å². The molecule has 1 aromatic carbocycles. The van der Waals surface area contributed by atoms with E-state index in [9.17, 15) is 5.11 Å². The second-order valence-corrected chi connectivity index (χ2v) is 8.93. The Balaban J connectivity index is 1.57. The van der Waals surface area contributed by atoms with Gasteiger partial charge in [0.05, 0.1) is 12.7 Å². The van der Waals surface area contributed by atoms with Gasteiger partial charge in [0.1, 0.15) is 5.75 Å². The summed E-state index contributed by atoms with van der Waals surface area (Å²) >= 11 is 0. The number of piperidine rings is 1. The minimum atomic E-state index is 0.144. The fourth-order valence-corrected chi connectivity index (χ4v) is 6.23. The van der Waals surface area contributed by atoms with E-state index in [1.807, 2.05) is 19.1 Å². The molecule has 0 bridgehead atoms. The molecule has 24 heavy (non-hydrogen) atoms. The number of likely N-dealkylation sites (tertiary alicyclic amines) is 1. The Morgan fingerprint density at radius 3 is 2.79 bits per heavy atom. The van der Waals surface area contributed by atoms with E-state index < -0.39 is 0 Å². The number of rotatable bonds is 5. The van der Waals surface area contributed by atoms with Crippen molar-refractivity contribution < 1.29 is 9.84 Å². The molecule has 2 fully saturated rings. The average molecular weight is 327 g/mol. The maximum absolute atomic E-state index is 10.4. The fourth-order valence-electron chi connectivity index (χ4n) is 6.23. The first kappa shape index (κ1) is 16.2. The van der Waals surface area contributed by atoms with E-state index in [0.29, 0.717) is 18.4 Å². The topological polar surface area (TPSA) is 32.7 Å². The van der Waals surface area contributed by atoms with Crippen LogP contribution in [0.2, 0.25) is 0 Å². The highest BCUT2D eigenvalue weighted by molar-refractivity contribution is 5.70. The molecule has 3 heteroatoms. The molecule has 130 valence electrons. The summed E-state index contributed by atoms with van der Waals surface area (Å²) in [5.41, 5.74) is 4.16. The maximum atomic E-state index is 10.4. The van der Waals surface area contributed by atoms with Crippen molar-refractivity contribution in [3.63, 3.8) is 0 Å². The molecule has 1 aliphatic heterocycles. The SMILES string of the molecule is C=C(C)COC(C)CN1CC23c4c(O)cccc4C2(C)C(C)(C)C13. The molecule has 4 unspecified atom stereocenters. The number of hydrogen-bond donors (Lipinski definition) is 1. The molecule has 1 heterocycles. The molecular weight excluding hydrogens is 298 g/mol. The largest absolute Gasteiger partial charge is 0.508 e. The number of aromatic hydroxyl groups is 1. The average Bonchev–Trinajstić information content (AvgIpc) is 2.47. The Morgan fingerprint density at radius 2 is 2.12 bits per heavy atom. The van der Waals surface area contributed by atoms with Crippen molar-refractivity contribution in [2.75, 3.05) is 19.7 Å². The first-order chi connectivity index (χ1) is 11.2. The first-order valence-electron chi connectivity index (χ1n) is 9.01. The molecule has 0 aromatic heterocycles. The molecule has 3 nitrogen and oxygen atoms in total. The van der Waals surface area contributed by atoms with Crippen LogP contribution in [-0.4, -0.2) is 41.8 Å². The number of hydrogen-bond acceptors (Lipinski definition) is 3. The third kappa shape index (κ3) is 1.52. The second kappa shape index (κ2) is 4.64. The van der Waals surface area contributed by atoms with Crippen LogP contribution in [0.1, 0.15) is 45.7 Å². The number of phenols is 1. The first-order valence-corrected chi connectivity index (χ1v) is 9.01. The van der Waals surface area contributed by atoms with Gasteiger partial charge in [-0.25, -0.2) is 0 Å².